The summed E-state index contributed by atoms with van der Waals surface area (Å²) in [5, 5.41) is 6.88. The molecule has 0 radical (unpaired) electrons. The van der Waals surface area contributed by atoms with E-state index in [2.05, 4.69) is 26.6 Å². The Morgan fingerprint density at radius 1 is 1.47 bits per heavy atom. The van der Waals surface area contributed by atoms with Crippen LogP contribution in [0.2, 0.25) is 5.02 Å². The maximum absolute atomic E-state index is 11.6. The fourth-order valence-electron chi connectivity index (χ4n) is 1.42. The van der Waals surface area contributed by atoms with Gasteiger partial charge >= 0.3 is 0 Å². The molecule has 2 rings (SSSR count). The monoisotopic (exact) mass is 316 g/mol. The first-order valence-corrected chi connectivity index (χ1v) is 6.86. The molecule has 0 aliphatic heterocycles. The molecule has 5 heteroatoms. The van der Waals surface area contributed by atoms with Gasteiger partial charge < -0.3 is 10.6 Å². The van der Waals surface area contributed by atoms with E-state index >= 15 is 0 Å². The van der Waals surface area contributed by atoms with Crippen molar-refractivity contribution in [2.45, 2.75) is 30.6 Å². The van der Waals surface area contributed by atoms with Gasteiger partial charge in [-0.3, -0.25) is 4.79 Å². The van der Waals surface area contributed by atoms with Crippen LogP contribution in [-0.4, -0.2) is 16.8 Å². The van der Waals surface area contributed by atoms with E-state index < -0.39 is 0 Å². The zero-order valence-electron chi connectivity index (χ0n) is 9.47. The first-order valence-electron chi connectivity index (χ1n) is 5.57. The van der Waals surface area contributed by atoms with Crippen LogP contribution in [0.1, 0.15) is 19.8 Å². The van der Waals surface area contributed by atoms with Gasteiger partial charge in [-0.1, -0.05) is 27.5 Å². The van der Waals surface area contributed by atoms with Gasteiger partial charge in [-0.15, -0.1) is 0 Å². The minimum Gasteiger partial charge on any atom is -0.381 e. The minimum atomic E-state index is -0.216. The van der Waals surface area contributed by atoms with Crippen LogP contribution in [0.5, 0.6) is 0 Å². The maximum Gasteiger partial charge on any atom is 0.237 e. The molecule has 17 heavy (non-hydrogen) atoms. The number of amides is 1. The predicted molar refractivity (Wildman–Crippen MR) is 75.1 cm³/mol. The summed E-state index contributed by atoms with van der Waals surface area (Å²) >= 11 is 9.20. The number of alkyl halides is 1. The SMILES string of the molecule is CC(Br)C(=O)Nc1ccc(Cl)cc1NC1CC1. The second-order valence-electron chi connectivity index (χ2n) is 4.21. The van der Waals surface area contributed by atoms with Crippen LogP contribution in [0.3, 0.4) is 0 Å². The fraction of sp³-hybridized carbons (Fsp3) is 0.417. The topological polar surface area (TPSA) is 41.1 Å². The number of anilines is 2. The Hall–Kier alpha value is -0.740. The Labute approximate surface area is 114 Å². The van der Waals surface area contributed by atoms with E-state index in [-0.39, 0.29) is 10.7 Å². The summed E-state index contributed by atoms with van der Waals surface area (Å²) in [5.74, 6) is -0.0637. The molecule has 1 atom stereocenters. The van der Waals surface area contributed by atoms with Crippen molar-refractivity contribution in [2.24, 2.45) is 0 Å². The van der Waals surface area contributed by atoms with Gasteiger partial charge in [-0.05, 0) is 38.0 Å². The van der Waals surface area contributed by atoms with Crippen LogP contribution >= 0.6 is 27.5 Å². The molecule has 1 aliphatic carbocycles. The highest BCUT2D eigenvalue weighted by Gasteiger charge is 2.22. The molecule has 1 fully saturated rings. The van der Waals surface area contributed by atoms with E-state index in [1.807, 2.05) is 12.1 Å². The number of carbonyl (C=O) groups excluding carboxylic acids is 1. The van der Waals surface area contributed by atoms with Gasteiger partial charge in [-0.25, -0.2) is 0 Å². The molecular formula is C12H14BrClN2O. The van der Waals surface area contributed by atoms with Crippen molar-refractivity contribution in [3.63, 3.8) is 0 Å². The maximum atomic E-state index is 11.6. The van der Waals surface area contributed by atoms with E-state index in [4.69, 9.17) is 11.6 Å². The van der Waals surface area contributed by atoms with Crippen molar-refractivity contribution in [2.75, 3.05) is 10.6 Å². The number of nitrogens with one attached hydrogen (secondary N) is 2. The van der Waals surface area contributed by atoms with E-state index in [9.17, 15) is 4.79 Å². The number of benzene rings is 1. The molecule has 1 saturated carbocycles. The van der Waals surface area contributed by atoms with Crippen LogP contribution < -0.4 is 10.6 Å². The minimum absolute atomic E-state index is 0.0637. The van der Waals surface area contributed by atoms with Gasteiger partial charge in [0.15, 0.2) is 0 Å². The lowest BCUT2D eigenvalue weighted by atomic mass is 10.2. The molecule has 3 nitrogen and oxygen atoms in total. The van der Waals surface area contributed by atoms with Crippen molar-refractivity contribution in [3.05, 3.63) is 23.2 Å². The Balaban J connectivity index is 2.16. The molecule has 0 heterocycles. The van der Waals surface area contributed by atoms with Crippen molar-refractivity contribution in [1.29, 1.82) is 0 Å². The highest BCUT2D eigenvalue weighted by Crippen LogP contribution is 2.31. The zero-order valence-corrected chi connectivity index (χ0v) is 11.8. The molecule has 1 aliphatic rings. The second-order valence-corrected chi connectivity index (χ2v) is 6.02. The summed E-state index contributed by atoms with van der Waals surface area (Å²) in [4.78, 5) is 11.4. The average molecular weight is 318 g/mol. The van der Waals surface area contributed by atoms with E-state index in [1.54, 1.807) is 13.0 Å². The standard InChI is InChI=1S/C12H14BrClN2O/c1-7(13)12(17)16-10-5-2-8(14)6-11(10)15-9-3-4-9/h2,5-7,9,15H,3-4H2,1H3,(H,16,17). The molecular weight excluding hydrogens is 304 g/mol. The van der Waals surface area contributed by atoms with Crippen LogP contribution in [0, 0.1) is 0 Å². The second kappa shape index (κ2) is 5.27. The summed E-state index contributed by atoms with van der Waals surface area (Å²) in [6.07, 6.45) is 2.35. The van der Waals surface area contributed by atoms with Gasteiger partial charge in [0, 0.05) is 11.1 Å². The third kappa shape index (κ3) is 3.61. The summed E-state index contributed by atoms with van der Waals surface area (Å²) in [5.41, 5.74) is 1.67. The molecule has 1 unspecified atom stereocenters. The number of rotatable bonds is 4. The van der Waals surface area contributed by atoms with E-state index in [0.717, 1.165) is 11.4 Å². The van der Waals surface area contributed by atoms with Crippen molar-refractivity contribution >= 4 is 44.8 Å². The van der Waals surface area contributed by atoms with Crippen LogP contribution in [-0.2, 0) is 4.79 Å². The summed E-state index contributed by atoms with van der Waals surface area (Å²) in [6, 6.07) is 5.95. The number of halogens is 2. The molecule has 0 spiro atoms. The summed E-state index contributed by atoms with van der Waals surface area (Å²) in [7, 11) is 0. The average Bonchev–Trinajstić information content (AvgIpc) is 3.05. The van der Waals surface area contributed by atoms with Crippen LogP contribution in [0.15, 0.2) is 18.2 Å². The molecule has 1 amide bonds. The van der Waals surface area contributed by atoms with Crippen LogP contribution in [0.25, 0.3) is 0 Å². The van der Waals surface area contributed by atoms with Gasteiger partial charge in [0.05, 0.1) is 16.2 Å². The highest BCUT2D eigenvalue weighted by molar-refractivity contribution is 9.10. The number of hydrogen-bond acceptors (Lipinski definition) is 2. The molecule has 1 aromatic carbocycles. The molecule has 92 valence electrons. The Morgan fingerprint density at radius 3 is 2.76 bits per heavy atom. The summed E-state index contributed by atoms with van der Waals surface area (Å²) < 4.78 is 0. The quantitative estimate of drug-likeness (QED) is 0.833. The lowest BCUT2D eigenvalue weighted by Gasteiger charge is -2.13. The lowest BCUT2D eigenvalue weighted by molar-refractivity contribution is -0.115. The van der Waals surface area contributed by atoms with Gasteiger partial charge in [0.1, 0.15) is 0 Å². The Kier molecular flexibility index (Phi) is 3.94. The third-order valence-corrected chi connectivity index (χ3v) is 3.19. The first-order chi connectivity index (χ1) is 8.06. The molecule has 0 saturated heterocycles. The Bertz CT molecular complexity index is 433. The molecule has 0 bridgehead atoms. The lowest BCUT2D eigenvalue weighted by Crippen LogP contribution is -2.20. The fourth-order valence-corrected chi connectivity index (χ4v) is 1.71. The van der Waals surface area contributed by atoms with Crippen molar-refractivity contribution < 1.29 is 4.79 Å². The largest absolute Gasteiger partial charge is 0.381 e. The summed E-state index contributed by atoms with van der Waals surface area (Å²) in [6.45, 7) is 1.79. The number of carbonyl (C=O) groups is 1. The smallest absolute Gasteiger partial charge is 0.237 e. The van der Waals surface area contributed by atoms with Crippen molar-refractivity contribution in [3.8, 4) is 0 Å². The third-order valence-electron chi connectivity index (χ3n) is 2.54. The van der Waals surface area contributed by atoms with Gasteiger partial charge in [-0.2, -0.15) is 0 Å². The molecule has 0 aromatic heterocycles. The van der Waals surface area contributed by atoms with E-state index in [1.165, 1.54) is 12.8 Å². The van der Waals surface area contributed by atoms with Gasteiger partial charge in [0.25, 0.3) is 0 Å². The van der Waals surface area contributed by atoms with E-state index in [0.29, 0.717) is 11.1 Å². The van der Waals surface area contributed by atoms with Crippen LogP contribution in [0.4, 0.5) is 11.4 Å². The van der Waals surface area contributed by atoms with Crippen molar-refractivity contribution in [1.82, 2.24) is 0 Å². The predicted octanol–water partition coefficient (Wildman–Crippen LogP) is 3.64. The normalized spacial score (nSPS) is 16.4. The number of hydrogen-bond donors (Lipinski definition) is 2. The van der Waals surface area contributed by atoms with Gasteiger partial charge in [0.2, 0.25) is 5.91 Å². The highest BCUT2D eigenvalue weighted by atomic mass is 79.9. The molecule has 1 aromatic rings. The first kappa shape index (κ1) is 12.7. The molecule has 2 N–H and O–H groups in total. The zero-order chi connectivity index (χ0) is 12.4. The Morgan fingerprint density at radius 2 is 2.18 bits per heavy atom.